The van der Waals surface area contributed by atoms with E-state index in [0.29, 0.717) is 28.9 Å². The first-order chi connectivity index (χ1) is 14.5. The summed E-state index contributed by atoms with van der Waals surface area (Å²) in [4.78, 5) is 12.3. The van der Waals surface area contributed by atoms with Gasteiger partial charge >= 0.3 is 5.16 Å². The summed E-state index contributed by atoms with van der Waals surface area (Å²) in [6.07, 6.45) is 0.630. The average molecular weight is 444 g/mol. The predicted molar refractivity (Wildman–Crippen MR) is 116 cm³/mol. The summed E-state index contributed by atoms with van der Waals surface area (Å²) in [5, 5.41) is 24.2. The normalized spacial score (nSPS) is 11.5. The number of rotatable bonds is 8. The smallest absolute Gasteiger partial charge is 0.337 e. The van der Waals surface area contributed by atoms with Crippen molar-refractivity contribution in [1.82, 2.24) is 15.6 Å². The number of halogens is 1. The van der Waals surface area contributed by atoms with Gasteiger partial charge < -0.3 is 5.11 Å². The van der Waals surface area contributed by atoms with Gasteiger partial charge in [-0.25, -0.2) is 9.99 Å². The molecule has 0 radical (unpaired) electrons. The van der Waals surface area contributed by atoms with Gasteiger partial charge in [0.15, 0.2) is 0 Å². The maximum Gasteiger partial charge on any atom is 0.337 e. The Kier molecular flexibility index (Phi) is 7.48. The van der Waals surface area contributed by atoms with Crippen LogP contribution in [0.15, 0.2) is 58.8 Å². The summed E-state index contributed by atoms with van der Waals surface area (Å²) in [5.41, 5.74) is 5.08. The SMILES string of the molecule is CCC(=NNC(=O)CSc1n[nH]c(-c2ccc(Cl)cc2)[n+]1CC)c1ccc([O-])cc1. The van der Waals surface area contributed by atoms with Crippen LogP contribution in [0.5, 0.6) is 5.75 Å². The lowest BCUT2D eigenvalue weighted by atomic mass is 10.1. The van der Waals surface area contributed by atoms with E-state index in [4.69, 9.17) is 11.6 Å². The van der Waals surface area contributed by atoms with Gasteiger partial charge in [0.05, 0.1) is 28.7 Å². The van der Waals surface area contributed by atoms with Gasteiger partial charge in [-0.2, -0.15) is 5.10 Å². The van der Waals surface area contributed by atoms with Crippen molar-refractivity contribution in [3.05, 3.63) is 59.1 Å². The summed E-state index contributed by atoms with van der Waals surface area (Å²) < 4.78 is 2.01. The summed E-state index contributed by atoms with van der Waals surface area (Å²) in [7, 11) is 0. The summed E-state index contributed by atoms with van der Waals surface area (Å²) in [6.45, 7) is 4.66. The molecule has 0 aliphatic carbocycles. The highest BCUT2D eigenvalue weighted by atomic mass is 35.5. The molecule has 2 aromatic carbocycles. The van der Waals surface area contributed by atoms with E-state index >= 15 is 0 Å². The molecule has 3 rings (SSSR count). The van der Waals surface area contributed by atoms with Crippen molar-refractivity contribution in [3.8, 4) is 17.1 Å². The molecule has 0 fully saturated rings. The van der Waals surface area contributed by atoms with Gasteiger partial charge in [-0.1, -0.05) is 42.8 Å². The van der Waals surface area contributed by atoms with Crippen LogP contribution in [0.2, 0.25) is 5.02 Å². The van der Waals surface area contributed by atoms with Crippen molar-refractivity contribution in [2.24, 2.45) is 5.10 Å². The van der Waals surface area contributed by atoms with Crippen molar-refractivity contribution in [2.45, 2.75) is 32.0 Å². The predicted octanol–water partition coefficient (Wildman–Crippen LogP) is 3.13. The Balaban J connectivity index is 1.64. The topological polar surface area (TPSA) is 97.1 Å². The molecule has 1 aromatic heterocycles. The molecule has 1 amide bonds. The zero-order valence-electron chi connectivity index (χ0n) is 16.7. The van der Waals surface area contributed by atoms with Crippen molar-refractivity contribution < 1.29 is 14.5 Å². The maximum absolute atomic E-state index is 12.3. The first-order valence-corrected chi connectivity index (χ1v) is 10.9. The molecule has 0 aliphatic heterocycles. The quantitative estimate of drug-likeness (QED) is 0.242. The van der Waals surface area contributed by atoms with Crippen LogP contribution in [-0.2, 0) is 11.3 Å². The number of aromatic amines is 1. The lowest BCUT2D eigenvalue weighted by Crippen LogP contribution is -2.36. The Morgan fingerprint density at radius 3 is 2.53 bits per heavy atom. The second-order valence-electron chi connectivity index (χ2n) is 6.37. The number of hydrogen-bond donors (Lipinski definition) is 2. The van der Waals surface area contributed by atoms with Crippen LogP contribution in [0.25, 0.3) is 11.4 Å². The number of benzene rings is 2. The van der Waals surface area contributed by atoms with Gasteiger partial charge in [0, 0.05) is 5.02 Å². The van der Waals surface area contributed by atoms with Crippen molar-refractivity contribution >= 4 is 35.0 Å². The zero-order valence-corrected chi connectivity index (χ0v) is 18.3. The van der Waals surface area contributed by atoms with Crippen LogP contribution in [0.3, 0.4) is 0 Å². The van der Waals surface area contributed by atoms with Crippen molar-refractivity contribution in [3.63, 3.8) is 0 Å². The number of H-pyrrole nitrogens is 1. The minimum absolute atomic E-state index is 0.0594. The van der Waals surface area contributed by atoms with Gasteiger partial charge in [0.2, 0.25) is 0 Å². The number of carbonyl (C=O) groups is 1. The first-order valence-electron chi connectivity index (χ1n) is 9.51. The Morgan fingerprint density at radius 1 is 1.20 bits per heavy atom. The minimum atomic E-state index is -0.231. The van der Waals surface area contributed by atoms with E-state index < -0.39 is 0 Å². The van der Waals surface area contributed by atoms with Crippen LogP contribution in [0, 0.1) is 0 Å². The standard InChI is InChI=1S/C21H22ClN5O2S/c1-3-18(14-7-11-17(28)12-8-14)23-24-19(29)13-30-21-26-25-20(27(21)4-2)15-5-9-16(22)10-6-15/h5-12H,3-4,13H2,1-2H3,(H2,23,24,28,29). The third-order valence-corrected chi connectivity index (χ3v) is 5.59. The maximum atomic E-state index is 12.3. The number of amides is 1. The number of thioether (sulfide) groups is 1. The fraction of sp³-hybridized carbons (Fsp3) is 0.238. The number of nitrogens with one attached hydrogen (secondary N) is 2. The Morgan fingerprint density at radius 2 is 1.90 bits per heavy atom. The lowest BCUT2D eigenvalue weighted by molar-refractivity contribution is -0.719. The molecule has 30 heavy (non-hydrogen) atoms. The van der Waals surface area contributed by atoms with Crippen LogP contribution in [0.4, 0.5) is 0 Å². The molecule has 9 heteroatoms. The third-order valence-electron chi connectivity index (χ3n) is 4.36. The highest BCUT2D eigenvalue weighted by Crippen LogP contribution is 2.20. The van der Waals surface area contributed by atoms with Crippen LogP contribution in [-0.4, -0.2) is 27.6 Å². The summed E-state index contributed by atoms with van der Waals surface area (Å²) >= 11 is 7.29. The van der Waals surface area contributed by atoms with Gasteiger partial charge in [-0.3, -0.25) is 4.79 Å². The molecule has 0 spiro atoms. The number of aromatic nitrogens is 3. The molecule has 156 valence electrons. The fourth-order valence-corrected chi connectivity index (χ4v) is 3.77. The van der Waals surface area contributed by atoms with Crippen LogP contribution >= 0.6 is 23.4 Å². The first kappa shape index (κ1) is 21.9. The van der Waals surface area contributed by atoms with Gasteiger partial charge in [-0.05, 0) is 54.9 Å². The second kappa shape index (κ2) is 10.3. The van der Waals surface area contributed by atoms with Crippen molar-refractivity contribution in [2.75, 3.05) is 5.75 Å². The lowest BCUT2D eigenvalue weighted by Gasteiger charge is -2.08. The van der Waals surface area contributed by atoms with Crippen molar-refractivity contribution in [1.29, 1.82) is 0 Å². The van der Waals surface area contributed by atoms with E-state index in [2.05, 4.69) is 20.7 Å². The molecular weight excluding hydrogens is 422 g/mol. The molecule has 0 unspecified atom stereocenters. The minimum Gasteiger partial charge on any atom is -0.872 e. The van der Waals surface area contributed by atoms with Crippen LogP contribution in [0.1, 0.15) is 25.8 Å². The van der Waals surface area contributed by atoms with E-state index in [1.54, 1.807) is 12.1 Å². The second-order valence-corrected chi connectivity index (χ2v) is 7.74. The monoisotopic (exact) mass is 443 g/mol. The third kappa shape index (κ3) is 5.40. The van der Waals surface area contributed by atoms with E-state index in [1.807, 2.05) is 42.7 Å². The average Bonchev–Trinajstić information content (AvgIpc) is 3.17. The highest BCUT2D eigenvalue weighted by Gasteiger charge is 2.21. The Hall–Kier alpha value is -2.84. The van der Waals surface area contributed by atoms with Gasteiger partial charge in [-0.15, -0.1) is 10.8 Å². The number of carbonyl (C=O) groups excluding carboxylic acids is 1. The molecular formula is C21H22ClN5O2S. The zero-order chi connectivity index (χ0) is 21.5. The molecule has 3 aromatic rings. The fourth-order valence-electron chi connectivity index (χ4n) is 2.84. The number of hydrogen-bond acceptors (Lipinski definition) is 5. The van der Waals surface area contributed by atoms with E-state index in [0.717, 1.165) is 17.0 Å². The highest BCUT2D eigenvalue weighted by molar-refractivity contribution is 7.99. The van der Waals surface area contributed by atoms with Gasteiger partial charge in [0.1, 0.15) is 0 Å². The molecule has 1 heterocycles. The Bertz CT molecular complexity index is 1030. The van der Waals surface area contributed by atoms with Gasteiger partial charge in [0.25, 0.3) is 11.7 Å². The molecule has 7 nitrogen and oxygen atoms in total. The summed E-state index contributed by atoms with van der Waals surface area (Å²) in [6, 6.07) is 13.9. The molecule has 0 aliphatic rings. The number of nitrogens with zero attached hydrogens (tertiary/aromatic N) is 3. The van der Waals surface area contributed by atoms with Crippen LogP contribution < -0.4 is 15.1 Å². The summed E-state index contributed by atoms with van der Waals surface area (Å²) in [5.74, 6) is 0.733. The molecule has 0 saturated carbocycles. The van der Waals surface area contributed by atoms with E-state index in [9.17, 15) is 9.90 Å². The molecule has 2 N–H and O–H groups in total. The number of hydrazone groups is 1. The Labute approximate surface area is 184 Å². The van der Waals surface area contributed by atoms with E-state index in [-0.39, 0.29) is 17.4 Å². The molecule has 0 bridgehead atoms. The van der Waals surface area contributed by atoms with E-state index in [1.165, 1.54) is 23.9 Å². The largest absolute Gasteiger partial charge is 0.872 e. The molecule has 0 atom stereocenters. The molecule has 0 saturated heterocycles.